The zero-order valence-corrected chi connectivity index (χ0v) is 18.0. The van der Waals surface area contributed by atoms with Crippen LogP contribution >= 0.6 is 24.0 Å². The van der Waals surface area contributed by atoms with Gasteiger partial charge in [-0.15, -0.1) is 24.0 Å². The minimum atomic E-state index is 0. The first-order valence-electron chi connectivity index (χ1n) is 8.01. The Labute approximate surface area is 167 Å². The first-order valence-corrected chi connectivity index (χ1v) is 8.01. The average Bonchev–Trinajstić information content (AvgIpc) is 2.63. The van der Waals surface area contributed by atoms with Crippen molar-refractivity contribution in [2.45, 2.75) is 19.9 Å². The third kappa shape index (κ3) is 8.00. The van der Waals surface area contributed by atoms with Gasteiger partial charge in [-0.2, -0.15) is 0 Å². The molecule has 0 aliphatic heterocycles. The summed E-state index contributed by atoms with van der Waals surface area (Å²) in [4.78, 5) is 4.21. The smallest absolute Gasteiger partial charge is 0.191 e. The normalized spacial score (nSPS) is 10.7. The maximum absolute atomic E-state index is 5.44. The number of nitrogens with one attached hydrogen (secondary N) is 2. The summed E-state index contributed by atoms with van der Waals surface area (Å²) in [6.07, 6.45) is 0.920. The van der Waals surface area contributed by atoms with Crippen molar-refractivity contribution in [3.05, 3.63) is 17.7 Å². The molecule has 0 saturated carbocycles. The number of benzene rings is 1. The van der Waals surface area contributed by atoms with E-state index in [0.29, 0.717) is 29.8 Å². The molecule has 0 bridgehead atoms. The van der Waals surface area contributed by atoms with Crippen LogP contribution in [0.3, 0.4) is 0 Å². The molecule has 1 rings (SSSR count). The number of hydrogen-bond donors (Lipinski definition) is 2. The number of ether oxygens (including phenoxy) is 4. The predicted molar refractivity (Wildman–Crippen MR) is 111 cm³/mol. The molecule has 7 nitrogen and oxygen atoms in total. The van der Waals surface area contributed by atoms with Gasteiger partial charge in [-0.05, 0) is 13.3 Å². The van der Waals surface area contributed by atoms with Crippen LogP contribution in [-0.2, 0) is 11.3 Å². The Hall–Kier alpha value is -1.42. The third-order valence-corrected chi connectivity index (χ3v) is 3.44. The second-order valence-electron chi connectivity index (χ2n) is 4.91. The standard InChI is InChI=1S/C17H29N3O4.HI/c1-6-24-9-7-8-19-17(18-2)20-12-14-15(22-4)10-13(21-3)11-16(14)23-5;/h10-11H,6-9,12H2,1-5H3,(H2,18,19,20);1H. The van der Waals surface area contributed by atoms with Gasteiger partial charge in [-0.1, -0.05) is 0 Å². The Morgan fingerprint density at radius 2 is 1.68 bits per heavy atom. The monoisotopic (exact) mass is 467 g/mol. The van der Waals surface area contributed by atoms with Crippen LogP contribution in [0.15, 0.2) is 17.1 Å². The topological polar surface area (TPSA) is 73.3 Å². The van der Waals surface area contributed by atoms with Gasteiger partial charge in [0.25, 0.3) is 0 Å². The molecule has 25 heavy (non-hydrogen) atoms. The molecule has 0 saturated heterocycles. The highest BCUT2D eigenvalue weighted by atomic mass is 127. The molecular formula is C17H30IN3O4. The van der Waals surface area contributed by atoms with Crippen molar-refractivity contribution in [1.82, 2.24) is 10.6 Å². The molecule has 0 aliphatic rings. The molecule has 0 unspecified atom stereocenters. The largest absolute Gasteiger partial charge is 0.496 e. The molecule has 2 N–H and O–H groups in total. The molecule has 0 radical (unpaired) electrons. The number of guanidine groups is 1. The van der Waals surface area contributed by atoms with E-state index in [1.54, 1.807) is 28.4 Å². The lowest BCUT2D eigenvalue weighted by Crippen LogP contribution is -2.37. The lowest BCUT2D eigenvalue weighted by Gasteiger charge is -2.17. The number of halogens is 1. The van der Waals surface area contributed by atoms with E-state index in [1.807, 2.05) is 19.1 Å². The van der Waals surface area contributed by atoms with Gasteiger partial charge in [0.2, 0.25) is 0 Å². The van der Waals surface area contributed by atoms with Crippen molar-refractivity contribution in [2.24, 2.45) is 4.99 Å². The number of nitrogens with zero attached hydrogens (tertiary/aromatic N) is 1. The van der Waals surface area contributed by atoms with E-state index in [1.165, 1.54) is 0 Å². The number of rotatable bonds is 10. The van der Waals surface area contributed by atoms with Crippen LogP contribution in [0, 0.1) is 0 Å². The van der Waals surface area contributed by atoms with Crippen molar-refractivity contribution in [3.8, 4) is 17.2 Å². The fraction of sp³-hybridized carbons (Fsp3) is 0.588. The molecule has 0 heterocycles. The van der Waals surface area contributed by atoms with Gasteiger partial charge in [0, 0.05) is 38.9 Å². The molecule has 0 amide bonds. The first kappa shape index (κ1) is 23.6. The van der Waals surface area contributed by atoms with Gasteiger partial charge in [0.1, 0.15) is 17.2 Å². The zero-order chi connectivity index (χ0) is 17.8. The number of aliphatic imine (C=N–C) groups is 1. The molecule has 0 fully saturated rings. The van der Waals surface area contributed by atoms with Crippen LogP contribution < -0.4 is 24.8 Å². The summed E-state index contributed by atoms with van der Waals surface area (Å²) >= 11 is 0. The summed E-state index contributed by atoms with van der Waals surface area (Å²) in [7, 11) is 6.59. The molecule has 144 valence electrons. The minimum Gasteiger partial charge on any atom is -0.496 e. The Kier molecular flexibility index (Phi) is 13.0. The fourth-order valence-corrected chi connectivity index (χ4v) is 2.17. The summed E-state index contributed by atoms with van der Waals surface area (Å²) in [6, 6.07) is 3.66. The maximum atomic E-state index is 5.44. The van der Waals surface area contributed by atoms with Gasteiger partial charge in [0.15, 0.2) is 5.96 Å². The van der Waals surface area contributed by atoms with E-state index in [-0.39, 0.29) is 24.0 Å². The fourth-order valence-electron chi connectivity index (χ4n) is 2.17. The summed E-state index contributed by atoms with van der Waals surface area (Å²) in [5.41, 5.74) is 0.901. The van der Waals surface area contributed by atoms with Crippen LogP contribution in [0.2, 0.25) is 0 Å². The highest BCUT2D eigenvalue weighted by Crippen LogP contribution is 2.33. The van der Waals surface area contributed by atoms with Crippen molar-refractivity contribution in [3.63, 3.8) is 0 Å². The Balaban J connectivity index is 0.00000576. The lowest BCUT2D eigenvalue weighted by molar-refractivity contribution is 0.145. The molecule has 8 heteroatoms. The number of hydrogen-bond acceptors (Lipinski definition) is 5. The van der Waals surface area contributed by atoms with Crippen LogP contribution in [0.1, 0.15) is 18.9 Å². The number of methoxy groups -OCH3 is 3. The van der Waals surface area contributed by atoms with Crippen LogP contribution in [-0.4, -0.2) is 54.1 Å². The van der Waals surface area contributed by atoms with Crippen LogP contribution in [0.25, 0.3) is 0 Å². The second kappa shape index (κ2) is 13.8. The molecule has 0 aromatic heterocycles. The molecule has 0 aliphatic carbocycles. The van der Waals surface area contributed by atoms with E-state index >= 15 is 0 Å². The van der Waals surface area contributed by atoms with Crippen molar-refractivity contribution in [1.29, 1.82) is 0 Å². The highest BCUT2D eigenvalue weighted by molar-refractivity contribution is 14.0. The Morgan fingerprint density at radius 1 is 1.04 bits per heavy atom. The van der Waals surface area contributed by atoms with Gasteiger partial charge in [-0.25, -0.2) is 0 Å². The quantitative estimate of drug-likeness (QED) is 0.238. The summed E-state index contributed by atoms with van der Waals surface area (Å²) < 4.78 is 21.5. The van der Waals surface area contributed by atoms with Gasteiger partial charge < -0.3 is 29.6 Å². The molecule has 1 aromatic carbocycles. The Bertz CT molecular complexity index is 502. The van der Waals surface area contributed by atoms with Crippen LogP contribution in [0.4, 0.5) is 0 Å². The average molecular weight is 467 g/mol. The summed E-state index contributed by atoms with van der Waals surface area (Å²) in [5.74, 6) is 2.80. The highest BCUT2D eigenvalue weighted by Gasteiger charge is 2.13. The van der Waals surface area contributed by atoms with E-state index in [4.69, 9.17) is 18.9 Å². The van der Waals surface area contributed by atoms with E-state index in [9.17, 15) is 0 Å². The molecule has 1 aromatic rings. The van der Waals surface area contributed by atoms with Crippen molar-refractivity contribution >= 4 is 29.9 Å². The zero-order valence-electron chi connectivity index (χ0n) is 15.7. The Morgan fingerprint density at radius 3 is 2.16 bits per heavy atom. The molecular weight excluding hydrogens is 437 g/mol. The van der Waals surface area contributed by atoms with Crippen molar-refractivity contribution in [2.75, 3.05) is 48.1 Å². The van der Waals surface area contributed by atoms with Crippen molar-refractivity contribution < 1.29 is 18.9 Å². The van der Waals surface area contributed by atoms with Gasteiger partial charge >= 0.3 is 0 Å². The summed E-state index contributed by atoms with van der Waals surface area (Å²) in [6.45, 7) is 4.77. The third-order valence-electron chi connectivity index (χ3n) is 3.44. The van der Waals surface area contributed by atoms with E-state index < -0.39 is 0 Å². The maximum Gasteiger partial charge on any atom is 0.191 e. The van der Waals surface area contributed by atoms with E-state index in [2.05, 4.69) is 15.6 Å². The second-order valence-corrected chi connectivity index (χ2v) is 4.91. The van der Waals surface area contributed by atoms with Crippen LogP contribution in [0.5, 0.6) is 17.2 Å². The van der Waals surface area contributed by atoms with Gasteiger partial charge in [-0.3, -0.25) is 4.99 Å². The minimum absolute atomic E-state index is 0. The van der Waals surface area contributed by atoms with E-state index in [0.717, 1.165) is 31.7 Å². The predicted octanol–water partition coefficient (Wildman–Crippen LogP) is 2.42. The summed E-state index contributed by atoms with van der Waals surface area (Å²) in [5, 5.41) is 6.51. The molecule has 0 atom stereocenters. The molecule has 0 spiro atoms. The SMILES string of the molecule is CCOCCCNC(=NC)NCc1c(OC)cc(OC)cc1OC.I. The first-order chi connectivity index (χ1) is 11.7. The van der Waals surface area contributed by atoms with Gasteiger partial charge in [0.05, 0.1) is 33.4 Å². The lowest BCUT2D eigenvalue weighted by atomic mass is 10.1.